The van der Waals surface area contributed by atoms with Gasteiger partial charge in [-0.25, -0.2) is 0 Å². The maximum absolute atomic E-state index is 11.5. The summed E-state index contributed by atoms with van der Waals surface area (Å²) in [5.74, 6) is -0.201. The third-order valence-corrected chi connectivity index (χ3v) is 3.75. The maximum atomic E-state index is 11.5. The highest BCUT2D eigenvalue weighted by Crippen LogP contribution is 2.17. The van der Waals surface area contributed by atoms with Crippen LogP contribution in [0.3, 0.4) is 0 Å². The third kappa shape index (κ3) is 4.56. The number of carbonyl (C=O) groups is 2. The number of nitrogens with zero attached hydrogens (tertiary/aromatic N) is 1. The molecule has 1 aromatic carbocycles. The predicted octanol–water partition coefficient (Wildman–Crippen LogP) is 1.11. The molecule has 1 saturated heterocycles. The minimum atomic E-state index is -0.222. The van der Waals surface area contributed by atoms with Crippen LogP contribution in [0.1, 0.15) is 24.5 Å². The van der Waals surface area contributed by atoms with Crippen LogP contribution in [0, 0.1) is 0 Å². The SMILES string of the molecule is COC(=O)Cc1ccccc1CN1CCC(NC(C)=O)C1. The molecule has 1 heterocycles. The van der Waals surface area contributed by atoms with Crippen LogP contribution in [0.2, 0.25) is 0 Å². The highest BCUT2D eigenvalue weighted by Gasteiger charge is 2.23. The number of benzene rings is 1. The van der Waals surface area contributed by atoms with Crippen molar-refractivity contribution in [1.82, 2.24) is 10.2 Å². The molecule has 1 aliphatic heterocycles. The van der Waals surface area contributed by atoms with Gasteiger partial charge in [-0.3, -0.25) is 14.5 Å². The Balaban J connectivity index is 1.97. The molecule has 0 aromatic heterocycles. The zero-order chi connectivity index (χ0) is 15.2. The van der Waals surface area contributed by atoms with E-state index < -0.39 is 0 Å². The average molecular weight is 290 g/mol. The summed E-state index contributed by atoms with van der Waals surface area (Å²) >= 11 is 0. The fraction of sp³-hybridized carbons (Fsp3) is 0.500. The van der Waals surface area contributed by atoms with Gasteiger partial charge in [0.25, 0.3) is 0 Å². The summed E-state index contributed by atoms with van der Waals surface area (Å²) < 4.78 is 4.74. The number of carbonyl (C=O) groups excluding carboxylic acids is 2. The monoisotopic (exact) mass is 290 g/mol. The summed E-state index contributed by atoms with van der Waals surface area (Å²) in [6.07, 6.45) is 1.27. The first-order valence-corrected chi connectivity index (χ1v) is 7.21. The van der Waals surface area contributed by atoms with Crippen LogP contribution in [-0.4, -0.2) is 43.0 Å². The van der Waals surface area contributed by atoms with E-state index in [2.05, 4.69) is 10.2 Å². The van der Waals surface area contributed by atoms with E-state index in [1.807, 2.05) is 24.3 Å². The van der Waals surface area contributed by atoms with Crippen molar-refractivity contribution in [3.8, 4) is 0 Å². The van der Waals surface area contributed by atoms with Crippen LogP contribution in [0.5, 0.6) is 0 Å². The number of likely N-dealkylation sites (tertiary alicyclic amines) is 1. The number of amides is 1. The number of esters is 1. The van der Waals surface area contributed by atoms with Gasteiger partial charge in [0.15, 0.2) is 0 Å². The zero-order valence-corrected chi connectivity index (χ0v) is 12.6. The van der Waals surface area contributed by atoms with Crippen LogP contribution in [0.4, 0.5) is 0 Å². The number of hydrogen-bond acceptors (Lipinski definition) is 4. The Morgan fingerprint density at radius 1 is 1.33 bits per heavy atom. The first-order chi connectivity index (χ1) is 10.1. The Bertz CT molecular complexity index is 516. The lowest BCUT2D eigenvalue weighted by Gasteiger charge is -2.18. The second kappa shape index (κ2) is 7.22. The Hall–Kier alpha value is -1.88. The van der Waals surface area contributed by atoms with Crippen LogP contribution < -0.4 is 5.32 Å². The molecule has 1 atom stereocenters. The molecular weight excluding hydrogens is 268 g/mol. The zero-order valence-electron chi connectivity index (χ0n) is 12.6. The fourth-order valence-corrected chi connectivity index (χ4v) is 2.73. The molecule has 5 heteroatoms. The van der Waals surface area contributed by atoms with Gasteiger partial charge in [0, 0.05) is 32.6 Å². The van der Waals surface area contributed by atoms with Gasteiger partial charge in [0.2, 0.25) is 5.91 Å². The van der Waals surface area contributed by atoms with E-state index in [0.717, 1.165) is 37.2 Å². The van der Waals surface area contributed by atoms with Crippen LogP contribution in [-0.2, 0) is 27.3 Å². The van der Waals surface area contributed by atoms with E-state index >= 15 is 0 Å². The number of rotatable bonds is 5. The van der Waals surface area contributed by atoms with Gasteiger partial charge in [-0.05, 0) is 17.5 Å². The van der Waals surface area contributed by atoms with Crippen molar-refractivity contribution in [2.75, 3.05) is 20.2 Å². The number of ether oxygens (including phenoxy) is 1. The molecule has 1 fully saturated rings. The molecule has 5 nitrogen and oxygen atoms in total. The smallest absolute Gasteiger partial charge is 0.309 e. The number of methoxy groups -OCH3 is 1. The molecule has 1 unspecified atom stereocenters. The van der Waals surface area contributed by atoms with Gasteiger partial charge in [0.1, 0.15) is 0 Å². The Kier molecular flexibility index (Phi) is 5.33. The normalized spacial score (nSPS) is 18.5. The Labute approximate surface area is 125 Å². The maximum Gasteiger partial charge on any atom is 0.309 e. The molecule has 1 aliphatic rings. The second-order valence-corrected chi connectivity index (χ2v) is 5.44. The molecular formula is C16H22N2O3. The standard InChI is InChI=1S/C16H22N2O3/c1-12(19)17-15-7-8-18(11-15)10-14-6-4-3-5-13(14)9-16(20)21-2/h3-6,15H,7-11H2,1-2H3,(H,17,19). The minimum Gasteiger partial charge on any atom is -0.469 e. The molecule has 2 rings (SSSR count). The molecule has 0 bridgehead atoms. The van der Waals surface area contributed by atoms with Crippen molar-refractivity contribution in [1.29, 1.82) is 0 Å². The summed E-state index contributed by atoms with van der Waals surface area (Å²) in [5.41, 5.74) is 2.15. The van der Waals surface area contributed by atoms with Crippen molar-refractivity contribution in [3.63, 3.8) is 0 Å². The third-order valence-electron chi connectivity index (χ3n) is 3.75. The van der Waals surface area contributed by atoms with Crippen molar-refractivity contribution in [2.24, 2.45) is 0 Å². The summed E-state index contributed by atoms with van der Waals surface area (Å²) in [6, 6.07) is 8.16. The number of nitrogens with one attached hydrogen (secondary N) is 1. The quantitative estimate of drug-likeness (QED) is 0.825. The van der Waals surface area contributed by atoms with Crippen molar-refractivity contribution < 1.29 is 14.3 Å². The summed E-state index contributed by atoms with van der Waals surface area (Å²) in [4.78, 5) is 24.9. The molecule has 0 saturated carbocycles. The minimum absolute atomic E-state index is 0.0212. The first-order valence-electron chi connectivity index (χ1n) is 7.21. The van der Waals surface area contributed by atoms with Crippen molar-refractivity contribution >= 4 is 11.9 Å². The average Bonchev–Trinajstić information content (AvgIpc) is 2.87. The van der Waals surface area contributed by atoms with Gasteiger partial charge in [0.05, 0.1) is 13.5 Å². The first kappa shape index (κ1) is 15.5. The fourth-order valence-electron chi connectivity index (χ4n) is 2.73. The van der Waals surface area contributed by atoms with E-state index in [1.54, 1.807) is 6.92 Å². The predicted molar refractivity (Wildman–Crippen MR) is 79.7 cm³/mol. The molecule has 0 spiro atoms. The highest BCUT2D eigenvalue weighted by atomic mass is 16.5. The topological polar surface area (TPSA) is 58.6 Å². The Morgan fingerprint density at radius 2 is 2.05 bits per heavy atom. The Morgan fingerprint density at radius 3 is 2.71 bits per heavy atom. The van der Waals surface area contributed by atoms with E-state index in [1.165, 1.54) is 7.11 Å². The van der Waals surface area contributed by atoms with Crippen molar-refractivity contribution in [2.45, 2.75) is 32.4 Å². The largest absolute Gasteiger partial charge is 0.469 e. The molecule has 21 heavy (non-hydrogen) atoms. The lowest BCUT2D eigenvalue weighted by atomic mass is 10.0. The van der Waals surface area contributed by atoms with Crippen LogP contribution in [0.25, 0.3) is 0 Å². The van der Waals surface area contributed by atoms with Gasteiger partial charge >= 0.3 is 5.97 Å². The lowest BCUT2D eigenvalue weighted by molar-refractivity contribution is -0.139. The van der Waals surface area contributed by atoms with Crippen molar-refractivity contribution in [3.05, 3.63) is 35.4 Å². The van der Waals surface area contributed by atoms with Gasteiger partial charge in [-0.1, -0.05) is 24.3 Å². The highest BCUT2D eigenvalue weighted by molar-refractivity contribution is 5.73. The van der Waals surface area contributed by atoms with Gasteiger partial charge < -0.3 is 10.1 Å². The number of hydrogen-bond donors (Lipinski definition) is 1. The van der Waals surface area contributed by atoms with Gasteiger partial charge in [-0.2, -0.15) is 0 Å². The molecule has 1 amide bonds. The second-order valence-electron chi connectivity index (χ2n) is 5.44. The summed E-state index contributed by atoms with van der Waals surface area (Å²) in [6.45, 7) is 4.15. The molecule has 1 aromatic rings. The van der Waals surface area contributed by atoms with E-state index in [9.17, 15) is 9.59 Å². The summed E-state index contributed by atoms with van der Waals surface area (Å²) in [7, 11) is 1.41. The molecule has 0 radical (unpaired) electrons. The van der Waals surface area contributed by atoms with Crippen LogP contribution in [0.15, 0.2) is 24.3 Å². The molecule has 0 aliphatic carbocycles. The van der Waals surface area contributed by atoms with E-state index in [4.69, 9.17) is 4.74 Å². The van der Waals surface area contributed by atoms with E-state index in [0.29, 0.717) is 6.42 Å². The van der Waals surface area contributed by atoms with E-state index in [-0.39, 0.29) is 17.9 Å². The van der Waals surface area contributed by atoms with Crippen LogP contribution >= 0.6 is 0 Å². The lowest BCUT2D eigenvalue weighted by Crippen LogP contribution is -2.35. The molecule has 114 valence electrons. The molecule has 1 N–H and O–H groups in total. The summed E-state index contributed by atoms with van der Waals surface area (Å²) in [5, 5.41) is 2.96. The van der Waals surface area contributed by atoms with Gasteiger partial charge in [-0.15, -0.1) is 0 Å².